The van der Waals surface area contributed by atoms with Gasteiger partial charge in [0.25, 0.3) is 5.91 Å². The van der Waals surface area contributed by atoms with Gasteiger partial charge in [-0.05, 0) is 67.2 Å². The zero-order chi connectivity index (χ0) is 23.5. The number of thiocarbonyl (C=S) groups is 1. The van der Waals surface area contributed by atoms with E-state index in [1.165, 1.54) is 6.07 Å². The Hall–Kier alpha value is -3.55. The van der Waals surface area contributed by atoms with E-state index in [2.05, 4.69) is 10.6 Å². The van der Waals surface area contributed by atoms with Gasteiger partial charge < -0.3 is 10.1 Å². The highest BCUT2D eigenvalue weighted by Gasteiger charge is 2.18. The maximum Gasteiger partial charge on any atom is 0.263 e. The standard InChI is InChI=1S/C25H17ClF2N2O2S/c1-14-13-15(29-25(33)30-24(31)23-19(27)7-4-8-20(23)28)9-11-21(14)32-22-12-10-18(26)16-5-2-3-6-17(16)22/h2-13H,1H3,(H2,29,30,31,33). The number of fused-ring (bicyclic) bond motifs is 1. The van der Waals surface area contributed by atoms with Crippen LogP contribution in [0.2, 0.25) is 5.02 Å². The Bertz CT molecular complexity index is 1370. The molecule has 4 aromatic rings. The number of ether oxygens (including phenoxy) is 1. The number of halogens is 3. The van der Waals surface area contributed by atoms with E-state index in [1.54, 1.807) is 24.3 Å². The van der Waals surface area contributed by atoms with Crippen molar-refractivity contribution in [3.63, 3.8) is 0 Å². The topological polar surface area (TPSA) is 50.4 Å². The number of amides is 1. The maximum atomic E-state index is 13.8. The summed E-state index contributed by atoms with van der Waals surface area (Å²) in [5, 5.41) is 7.43. The molecule has 0 spiro atoms. The molecule has 4 nitrogen and oxygen atoms in total. The van der Waals surface area contributed by atoms with E-state index in [0.717, 1.165) is 28.5 Å². The summed E-state index contributed by atoms with van der Waals surface area (Å²) < 4.78 is 33.7. The van der Waals surface area contributed by atoms with Crippen LogP contribution >= 0.6 is 23.8 Å². The van der Waals surface area contributed by atoms with E-state index in [-0.39, 0.29) is 5.11 Å². The van der Waals surface area contributed by atoms with Crippen LogP contribution in [0.15, 0.2) is 72.8 Å². The summed E-state index contributed by atoms with van der Waals surface area (Å²) in [7, 11) is 0. The van der Waals surface area contributed by atoms with Crippen molar-refractivity contribution in [1.82, 2.24) is 5.32 Å². The second-order valence-corrected chi connectivity index (χ2v) is 7.99. The molecule has 1 amide bonds. The van der Waals surface area contributed by atoms with Crippen molar-refractivity contribution in [2.45, 2.75) is 6.92 Å². The predicted octanol–water partition coefficient (Wildman–Crippen LogP) is 7.00. The van der Waals surface area contributed by atoms with Crippen molar-refractivity contribution in [2.24, 2.45) is 0 Å². The Labute approximate surface area is 199 Å². The molecule has 0 heterocycles. The molecule has 0 aromatic heterocycles. The Morgan fingerprint density at radius 1 is 0.909 bits per heavy atom. The molecule has 0 saturated carbocycles. The number of hydrogen-bond donors (Lipinski definition) is 2. The van der Waals surface area contributed by atoms with E-state index in [4.69, 9.17) is 28.6 Å². The number of aryl methyl sites for hydroxylation is 1. The minimum atomic E-state index is -0.977. The fourth-order valence-electron chi connectivity index (χ4n) is 3.33. The van der Waals surface area contributed by atoms with Gasteiger partial charge in [0.2, 0.25) is 0 Å². The highest BCUT2D eigenvalue weighted by Crippen LogP contribution is 2.35. The van der Waals surface area contributed by atoms with Gasteiger partial charge in [-0.2, -0.15) is 0 Å². The van der Waals surface area contributed by atoms with Gasteiger partial charge in [-0.3, -0.25) is 10.1 Å². The summed E-state index contributed by atoms with van der Waals surface area (Å²) in [4.78, 5) is 12.2. The maximum absolute atomic E-state index is 13.8. The fraction of sp³-hybridized carbons (Fsp3) is 0.0400. The third-order valence-electron chi connectivity index (χ3n) is 4.90. The first kappa shape index (κ1) is 22.6. The molecule has 0 aliphatic heterocycles. The van der Waals surface area contributed by atoms with Crippen molar-refractivity contribution in [3.05, 3.63) is 101 Å². The largest absolute Gasteiger partial charge is 0.456 e. The van der Waals surface area contributed by atoms with Crippen LogP contribution in [0, 0.1) is 18.6 Å². The summed E-state index contributed by atoms with van der Waals surface area (Å²) in [6.45, 7) is 1.86. The third-order valence-corrected chi connectivity index (χ3v) is 5.43. The Morgan fingerprint density at radius 2 is 1.58 bits per heavy atom. The summed E-state index contributed by atoms with van der Waals surface area (Å²) in [5.74, 6) is -1.64. The van der Waals surface area contributed by atoms with E-state index >= 15 is 0 Å². The van der Waals surface area contributed by atoms with E-state index in [1.807, 2.05) is 37.3 Å². The van der Waals surface area contributed by atoms with E-state index < -0.39 is 23.1 Å². The highest BCUT2D eigenvalue weighted by molar-refractivity contribution is 7.80. The summed E-state index contributed by atoms with van der Waals surface area (Å²) in [6.07, 6.45) is 0. The number of carbonyl (C=O) groups is 1. The summed E-state index contributed by atoms with van der Waals surface area (Å²) >= 11 is 11.4. The molecular weight excluding hydrogens is 466 g/mol. The molecule has 0 atom stereocenters. The SMILES string of the molecule is Cc1cc(NC(=S)NC(=O)c2c(F)cccc2F)ccc1Oc1ccc(Cl)c2ccccc12. The monoisotopic (exact) mass is 482 g/mol. The van der Waals surface area contributed by atoms with E-state index in [0.29, 0.717) is 22.2 Å². The van der Waals surface area contributed by atoms with Gasteiger partial charge in [0.1, 0.15) is 28.7 Å². The first-order valence-corrected chi connectivity index (χ1v) is 10.6. The number of nitrogens with one attached hydrogen (secondary N) is 2. The molecule has 166 valence electrons. The van der Waals surface area contributed by atoms with Crippen molar-refractivity contribution < 1.29 is 18.3 Å². The zero-order valence-electron chi connectivity index (χ0n) is 17.3. The molecule has 33 heavy (non-hydrogen) atoms. The zero-order valence-corrected chi connectivity index (χ0v) is 18.9. The average molecular weight is 483 g/mol. The van der Waals surface area contributed by atoms with Crippen LogP contribution in [0.5, 0.6) is 11.5 Å². The molecule has 0 aliphatic carbocycles. The van der Waals surface area contributed by atoms with Gasteiger partial charge in [-0.25, -0.2) is 8.78 Å². The average Bonchev–Trinajstić information content (AvgIpc) is 2.77. The van der Waals surface area contributed by atoms with E-state index in [9.17, 15) is 13.6 Å². The number of anilines is 1. The molecule has 0 bridgehead atoms. The molecule has 0 aliphatic rings. The Morgan fingerprint density at radius 3 is 2.27 bits per heavy atom. The summed E-state index contributed by atoms with van der Waals surface area (Å²) in [6, 6.07) is 19.7. The molecule has 4 rings (SSSR count). The normalized spacial score (nSPS) is 10.7. The lowest BCUT2D eigenvalue weighted by atomic mass is 10.1. The van der Waals surface area contributed by atoms with Crippen molar-refractivity contribution in [2.75, 3.05) is 5.32 Å². The second-order valence-electron chi connectivity index (χ2n) is 7.18. The quantitative estimate of drug-likeness (QED) is 0.307. The van der Waals surface area contributed by atoms with Gasteiger partial charge in [0, 0.05) is 21.5 Å². The van der Waals surface area contributed by atoms with Crippen LogP contribution in [0.3, 0.4) is 0 Å². The molecule has 0 saturated heterocycles. The van der Waals surface area contributed by atoms with Crippen molar-refractivity contribution >= 4 is 51.3 Å². The van der Waals surface area contributed by atoms with Gasteiger partial charge in [0.05, 0.1) is 0 Å². The minimum absolute atomic E-state index is 0.0978. The Kier molecular flexibility index (Phi) is 6.53. The molecule has 4 aromatic carbocycles. The van der Waals surface area contributed by atoms with Crippen molar-refractivity contribution in [3.8, 4) is 11.5 Å². The van der Waals surface area contributed by atoms with Crippen LogP contribution in [-0.2, 0) is 0 Å². The second kappa shape index (κ2) is 9.52. The first-order chi connectivity index (χ1) is 15.8. The van der Waals surface area contributed by atoms with Crippen LogP contribution in [0.4, 0.5) is 14.5 Å². The Balaban J connectivity index is 1.48. The third kappa shape index (κ3) is 4.94. The van der Waals surface area contributed by atoms with Gasteiger partial charge in [-0.15, -0.1) is 0 Å². The highest BCUT2D eigenvalue weighted by atomic mass is 35.5. The lowest BCUT2D eigenvalue weighted by molar-refractivity contribution is 0.0969. The molecule has 0 radical (unpaired) electrons. The predicted molar refractivity (Wildman–Crippen MR) is 130 cm³/mol. The lowest BCUT2D eigenvalue weighted by Gasteiger charge is -2.14. The first-order valence-electron chi connectivity index (χ1n) is 9.85. The minimum Gasteiger partial charge on any atom is -0.456 e. The molecular formula is C25H17ClF2N2O2S. The van der Waals surface area contributed by atoms with Crippen LogP contribution in [0.25, 0.3) is 10.8 Å². The lowest BCUT2D eigenvalue weighted by Crippen LogP contribution is -2.35. The number of hydrogen-bond acceptors (Lipinski definition) is 3. The molecule has 8 heteroatoms. The fourth-order valence-corrected chi connectivity index (χ4v) is 3.76. The number of carbonyl (C=O) groups excluding carboxylic acids is 1. The molecule has 0 unspecified atom stereocenters. The van der Waals surface area contributed by atoms with Gasteiger partial charge in [-0.1, -0.05) is 41.9 Å². The molecule has 2 N–H and O–H groups in total. The van der Waals surface area contributed by atoms with Crippen molar-refractivity contribution in [1.29, 1.82) is 0 Å². The smallest absolute Gasteiger partial charge is 0.263 e. The van der Waals surface area contributed by atoms with Gasteiger partial charge >= 0.3 is 0 Å². The summed E-state index contributed by atoms with van der Waals surface area (Å²) in [5.41, 5.74) is 0.671. The number of rotatable bonds is 4. The van der Waals surface area contributed by atoms with Crippen LogP contribution < -0.4 is 15.4 Å². The number of benzene rings is 4. The van der Waals surface area contributed by atoms with Crippen LogP contribution in [0.1, 0.15) is 15.9 Å². The molecule has 0 fully saturated rings. The van der Waals surface area contributed by atoms with Crippen LogP contribution in [-0.4, -0.2) is 11.0 Å². The van der Waals surface area contributed by atoms with Gasteiger partial charge in [0.15, 0.2) is 5.11 Å².